The molecule has 0 saturated carbocycles. The Morgan fingerprint density at radius 1 is 0.852 bits per heavy atom. The molecular weight excluding hydrogens is 334 g/mol. The van der Waals surface area contributed by atoms with Gasteiger partial charge in [-0.15, -0.1) is 0 Å². The largest absolute Gasteiger partial charge is 0.497 e. The fraction of sp³-hybridized carbons (Fsp3) is 0.0833. The second-order valence-electron chi connectivity index (χ2n) is 6.49. The second kappa shape index (κ2) is 7.04. The predicted octanol–water partition coefficient (Wildman–Crippen LogP) is 5.45. The lowest BCUT2D eigenvalue weighted by Crippen LogP contribution is -2.05. The first kappa shape index (κ1) is 17.0. The van der Waals surface area contributed by atoms with Gasteiger partial charge in [-0.25, -0.2) is 0 Å². The minimum Gasteiger partial charge on any atom is -0.497 e. The Hall–Kier alpha value is -3.46. The van der Waals surface area contributed by atoms with Crippen LogP contribution in [0, 0.1) is 6.92 Å². The summed E-state index contributed by atoms with van der Waals surface area (Å²) in [7, 11) is 1.65. The van der Waals surface area contributed by atoms with Crippen molar-refractivity contribution in [1.82, 2.24) is 4.98 Å². The summed E-state index contributed by atoms with van der Waals surface area (Å²) in [6.07, 6.45) is 1.78. The molecule has 27 heavy (non-hydrogen) atoms. The Bertz CT molecular complexity index is 1110. The zero-order chi connectivity index (χ0) is 18.8. The molecule has 3 aromatic carbocycles. The molecular formula is C24H19NO2. The summed E-state index contributed by atoms with van der Waals surface area (Å²) in [5.74, 6) is 0.745. The second-order valence-corrected chi connectivity index (χ2v) is 6.49. The van der Waals surface area contributed by atoms with Crippen molar-refractivity contribution in [2.75, 3.05) is 7.11 Å². The number of aromatic nitrogens is 1. The van der Waals surface area contributed by atoms with E-state index in [0.29, 0.717) is 11.3 Å². The number of methoxy groups -OCH3 is 1. The van der Waals surface area contributed by atoms with Crippen molar-refractivity contribution in [2.24, 2.45) is 0 Å². The molecule has 0 spiro atoms. The van der Waals surface area contributed by atoms with E-state index in [-0.39, 0.29) is 5.78 Å². The lowest BCUT2D eigenvalue weighted by atomic mass is 9.96. The van der Waals surface area contributed by atoms with E-state index in [1.54, 1.807) is 13.3 Å². The number of hydrogen-bond acceptors (Lipinski definition) is 3. The molecule has 3 nitrogen and oxygen atoms in total. The molecule has 0 radical (unpaired) electrons. The molecule has 1 heterocycles. The van der Waals surface area contributed by atoms with E-state index in [2.05, 4.69) is 4.98 Å². The first-order valence-corrected chi connectivity index (χ1v) is 8.81. The van der Waals surface area contributed by atoms with Crippen molar-refractivity contribution in [3.05, 3.63) is 95.8 Å². The monoisotopic (exact) mass is 353 g/mol. The quantitative estimate of drug-likeness (QED) is 0.458. The summed E-state index contributed by atoms with van der Waals surface area (Å²) in [5, 5.41) is 1.87. The van der Waals surface area contributed by atoms with Crippen LogP contribution < -0.4 is 4.74 Å². The summed E-state index contributed by atoms with van der Waals surface area (Å²) in [6.45, 7) is 2.01. The van der Waals surface area contributed by atoms with E-state index in [0.717, 1.165) is 33.2 Å². The summed E-state index contributed by atoms with van der Waals surface area (Å²) < 4.78 is 5.24. The molecule has 4 rings (SSSR count). The minimum absolute atomic E-state index is 0.0625. The Labute approximate surface area is 158 Å². The first-order chi connectivity index (χ1) is 13.2. The number of aryl methyl sites for hydroxylation is 1. The molecule has 3 heteroatoms. The van der Waals surface area contributed by atoms with Crippen molar-refractivity contribution >= 4 is 16.6 Å². The molecule has 0 aliphatic rings. The van der Waals surface area contributed by atoms with E-state index in [1.165, 1.54) is 0 Å². The van der Waals surface area contributed by atoms with Crippen molar-refractivity contribution in [2.45, 2.75) is 6.92 Å². The van der Waals surface area contributed by atoms with Crippen LogP contribution in [0.2, 0.25) is 0 Å². The molecule has 0 aliphatic carbocycles. The number of benzene rings is 3. The molecule has 0 atom stereocenters. The SMILES string of the molecule is COc1ccc(-c2cnc(C(=O)c3ccc(C)cc3)c3ccccc23)cc1. The van der Waals surface area contributed by atoms with Gasteiger partial charge in [0.1, 0.15) is 11.4 Å². The Morgan fingerprint density at radius 2 is 1.52 bits per heavy atom. The third kappa shape index (κ3) is 3.20. The molecule has 0 bridgehead atoms. The van der Waals surface area contributed by atoms with Gasteiger partial charge in [-0.2, -0.15) is 0 Å². The van der Waals surface area contributed by atoms with Crippen LogP contribution >= 0.6 is 0 Å². The third-order valence-electron chi connectivity index (χ3n) is 4.72. The molecule has 4 aromatic rings. The topological polar surface area (TPSA) is 39.2 Å². The number of carbonyl (C=O) groups excluding carboxylic acids is 1. The molecule has 0 unspecified atom stereocenters. The van der Waals surface area contributed by atoms with Gasteiger partial charge in [-0.05, 0) is 30.0 Å². The Morgan fingerprint density at radius 3 is 2.19 bits per heavy atom. The van der Waals surface area contributed by atoms with Crippen LogP contribution in [0.5, 0.6) is 5.75 Å². The van der Waals surface area contributed by atoms with Crippen LogP contribution in [0.1, 0.15) is 21.6 Å². The number of ketones is 1. The first-order valence-electron chi connectivity index (χ1n) is 8.81. The molecule has 1 aromatic heterocycles. The van der Waals surface area contributed by atoms with Crippen LogP contribution in [0.25, 0.3) is 21.9 Å². The van der Waals surface area contributed by atoms with Gasteiger partial charge in [0.2, 0.25) is 5.78 Å². The number of fused-ring (bicyclic) bond motifs is 1. The zero-order valence-electron chi connectivity index (χ0n) is 15.3. The van der Waals surface area contributed by atoms with Gasteiger partial charge < -0.3 is 4.74 Å². The van der Waals surface area contributed by atoms with E-state index in [9.17, 15) is 4.79 Å². The molecule has 0 amide bonds. The highest BCUT2D eigenvalue weighted by Crippen LogP contribution is 2.31. The average molecular weight is 353 g/mol. The predicted molar refractivity (Wildman–Crippen MR) is 108 cm³/mol. The average Bonchev–Trinajstić information content (AvgIpc) is 2.73. The van der Waals surface area contributed by atoms with Gasteiger partial charge in [0.05, 0.1) is 7.11 Å². The zero-order valence-corrected chi connectivity index (χ0v) is 15.3. The van der Waals surface area contributed by atoms with Gasteiger partial charge in [0, 0.05) is 22.7 Å². The lowest BCUT2D eigenvalue weighted by Gasteiger charge is -2.11. The number of pyridine rings is 1. The van der Waals surface area contributed by atoms with Gasteiger partial charge >= 0.3 is 0 Å². The normalized spacial score (nSPS) is 10.7. The molecule has 0 aliphatic heterocycles. The van der Waals surface area contributed by atoms with Crippen molar-refractivity contribution < 1.29 is 9.53 Å². The smallest absolute Gasteiger partial charge is 0.211 e. The molecule has 0 N–H and O–H groups in total. The molecule has 0 fully saturated rings. The fourth-order valence-electron chi connectivity index (χ4n) is 3.22. The van der Waals surface area contributed by atoms with Gasteiger partial charge in [-0.3, -0.25) is 9.78 Å². The lowest BCUT2D eigenvalue weighted by molar-refractivity contribution is 0.103. The van der Waals surface area contributed by atoms with E-state index in [4.69, 9.17) is 4.74 Å². The summed E-state index contributed by atoms with van der Waals surface area (Å²) in [5.41, 5.74) is 4.28. The van der Waals surface area contributed by atoms with E-state index < -0.39 is 0 Å². The maximum absolute atomic E-state index is 13.0. The Kier molecular flexibility index (Phi) is 4.43. The Balaban J connectivity index is 1.85. The van der Waals surface area contributed by atoms with Gasteiger partial charge in [-0.1, -0.05) is 66.2 Å². The number of nitrogens with zero attached hydrogens (tertiary/aromatic N) is 1. The highest BCUT2D eigenvalue weighted by molar-refractivity contribution is 6.16. The minimum atomic E-state index is -0.0625. The summed E-state index contributed by atoms with van der Waals surface area (Å²) in [6, 6.07) is 23.4. The molecule has 0 saturated heterocycles. The van der Waals surface area contributed by atoms with Crippen LogP contribution in [-0.4, -0.2) is 17.9 Å². The highest BCUT2D eigenvalue weighted by Gasteiger charge is 2.16. The molecule has 132 valence electrons. The van der Waals surface area contributed by atoms with Crippen molar-refractivity contribution in [3.8, 4) is 16.9 Å². The van der Waals surface area contributed by atoms with Crippen molar-refractivity contribution in [3.63, 3.8) is 0 Å². The summed E-state index contributed by atoms with van der Waals surface area (Å²) in [4.78, 5) is 17.6. The van der Waals surface area contributed by atoms with Crippen LogP contribution in [0.15, 0.2) is 79.0 Å². The number of carbonyl (C=O) groups is 1. The van der Waals surface area contributed by atoms with Crippen LogP contribution in [-0.2, 0) is 0 Å². The maximum atomic E-state index is 13.0. The van der Waals surface area contributed by atoms with E-state index in [1.807, 2.05) is 79.7 Å². The number of ether oxygens (including phenoxy) is 1. The van der Waals surface area contributed by atoms with Crippen molar-refractivity contribution in [1.29, 1.82) is 0 Å². The van der Waals surface area contributed by atoms with Gasteiger partial charge in [0.25, 0.3) is 0 Å². The highest BCUT2D eigenvalue weighted by atomic mass is 16.5. The van der Waals surface area contributed by atoms with Gasteiger partial charge in [0.15, 0.2) is 0 Å². The van der Waals surface area contributed by atoms with Crippen LogP contribution in [0.4, 0.5) is 0 Å². The number of hydrogen-bond donors (Lipinski definition) is 0. The number of rotatable bonds is 4. The summed E-state index contributed by atoms with van der Waals surface area (Å²) >= 11 is 0. The fourth-order valence-corrected chi connectivity index (χ4v) is 3.22. The standard InChI is InChI=1S/C24H19NO2/c1-16-7-9-18(10-8-16)24(26)23-21-6-4-3-5-20(21)22(15-25-23)17-11-13-19(27-2)14-12-17/h3-15H,1-2H3. The van der Waals surface area contributed by atoms with Crippen LogP contribution in [0.3, 0.4) is 0 Å². The maximum Gasteiger partial charge on any atom is 0.211 e. The van der Waals surface area contributed by atoms with E-state index >= 15 is 0 Å². The third-order valence-corrected chi connectivity index (χ3v) is 4.72.